The molecule has 7 nitrogen and oxygen atoms in total. The lowest BCUT2D eigenvalue weighted by molar-refractivity contribution is -0.121. The molecule has 0 spiro atoms. The second kappa shape index (κ2) is 10.5. The van der Waals surface area contributed by atoms with Gasteiger partial charge in [0.1, 0.15) is 5.76 Å². The Bertz CT molecular complexity index is 1180. The first kappa shape index (κ1) is 22.2. The van der Waals surface area contributed by atoms with Crippen LogP contribution in [0.1, 0.15) is 30.4 Å². The average Bonchev–Trinajstić information content (AvgIpc) is 3.50. The molecule has 0 bridgehead atoms. The number of carbonyl (C=O) groups excluding carboxylic acids is 1. The number of hydrogen-bond acceptors (Lipinski definition) is 5. The molecule has 1 N–H and O–H groups in total. The van der Waals surface area contributed by atoms with Crippen molar-refractivity contribution in [3.05, 3.63) is 90.0 Å². The van der Waals surface area contributed by atoms with Crippen molar-refractivity contribution in [2.75, 3.05) is 7.11 Å². The summed E-state index contributed by atoms with van der Waals surface area (Å²) in [5.74, 6) is 2.45. The lowest BCUT2D eigenvalue weighted by atomic mass is 10.1. The van der Waals surface area contributed by atoms with Crippen LogP contribution < -0.4 is 14.8 Å². The number of amides is 1. The Morgan fingerprint density at radius 2 is 1.79 bits per heavy atom. The van der Waals surface area contributed by atoms with Crippen LogP contribution in [0, 0.1) is 0 Å². The number of furan rings is 1. The number of carbonyl (C=O) groups is 1. The van der Waals surface area contributed by atoms with E-state index in [9.17, 15) is 4.79 Å². The lowest BCUT2D eigenvalue weighted by Gasteiger charge is -2.13. The Hall–Kier alpha value is -4.00. The predicted octanol–water partition coefficient (Wildman–Crippen LogP) is 5.08. The van der Waals surface area contributed by atoms with Crippen molar-refractivity contribution in [2.24, 2.45) is 0 Å². The molecule has 4 rings (SSSR count). The van der Waals surface area contributed by atoms with Gasteiger partial charge in [-0.1, -0.05) is 37.3 Å². The number of hydrogen-bond donors (Lipinski definition) is 1. The van der Waals surface area contributed by atoms with E-state index in [-0.39, 0.29) is 5.91 Å². The highest BCUT2D eigenvalue weighted by Gasteiger charge is 2.22. The number of nitrogens with one attached hydrogen (secondary N) is 1. The van der Waals surface area contributed by atoms with Crippen LogP contribution in [0.5, 0.6) is 17.4 Å². The smallest absolute Gasteiger partial charge is 0.226 e. The maximum absolute atomic E-state index is 12.5. The van der Waals surface area contributed by atoms with Crippen molar-refractivity contribution in [1.82, 2.24) is 15.1 Å². The third kappa shape index (κ3) is 5.26. The summed E-state index contributed by atoms with van der Waals surface area (Å²) in [5, 5.41) is 7.72. The number of aromatic nitrogens is 2. The van der Waals surface area contributed by atoms with Gasteiger partial charge in [0.25, 0.3) is 0 Å². The molecule has 0 fully saturated rings. The fourth-order valence-corrected chi connectivity index (χ4v) is 3.60. The number of methoxy groups -OCH3 is 1. The minimum absolute atomic E-state index is 0.0656. The molecule has 33 heavy (non-hydrogen) atoms. The molecule has 0 aliphatic heterocycles. The zero-order chi connectivity index (χ0) is 23.0. The highest BCUT2D eigenvalue weighted by atomic mass is 16.5. The molecular formula is C26H27N3O4. The van der Waals surface area contributed by atoms with E-state index < -0.39 is 0 Å². The lowest BCUT2D eigenvalue weighted by Crippen LogP contribution is -2.22. The molecule has 0 unspecified atom stereocenters. The fourth-order valence-electron chi connectivity index (χ4n) is 3.60. The van der Waals surface area contributed by atoms with Gasteiger partial charge in [-0.15, -0.1) is 0 Å². The molecular weight excluding hydrogens is 418 g/mol. The topological polar surface area (TPSA) is 78.5 Å². The van der Waals surface area contributed by atoms with Crippen LogP contribution in [-0.4, -0.2) is 22.8 Å². The minimum atomic E-state index is -0.0656. The van der Waals surface area contributed by atoms with Crippen LogP contribution >= 0.6 is 0 Å². The number of ether oxygens (including phenoxy) is 2. The van der Waals surface area contributed by atoms with Gasteiger partial charge >= 0.3 is 0 Å². The van der Waals surface area contributed by atoms with Crippen molar-refractivity contribution in [3.63, 3.8) is 0 Å². The summed E-state index contributed by atoms with van der Waals surface area (Å²) < 4.78 is 18.9. The molecule has 0 saturated heterocycles. The van der Waals surface area contributed by atoms with Crippen molar-refractivity contribution in [3.8, 4) is 23.1 Å². The van der Waals surface area contributed by atoms with Crippen molar-refractivity contribution >= 4 is 5.91 Å². The third-order valence-corrected chi connectivity index (χ3v) is 5.27. The monoisotopic (exact) mass is 445 g/mol. The van der Waals surface area contributed by atoms with Crippen LogP contribution in [0.2, 0.25) is 0 Å². The molecule has 1 amide bonds. The summed E-state index contributed by atoms with van der Waals surface area (Å²) in [7, 11) is 1.61. The van der Waals surface area contributed by atoms with E-state index in [1.807, 2.05) is 67.6 Å². The van der Waals surface area contributed by atoms with Gasteiger partial charge in [-0.3, -0.25) is 4.79 Å². The summed E-state index contributed by atoms with van der Waals surface area (Å²) in [6.45, 7) is 2.41. The Kier molecular flexibility index (Phi) is 7.09. The van der Waals surface area contributed by atoms with Crippen LogP contribution in [0.3, 0.4) is 0 Å². The Morgan fingerprint density at radius 3 is 2.48 bits per heavy atom. The van der Waals surface area contributed by atoms with E-state index in [0.29, 0.717) is 43.2 Å². The van der Waals surface area contributed by atoms with Gasteiger partial charge in [-0.25, -0.2) is 4.68 Å². The summed E-state index contributed by atoms with van der Waals surface area (Å²) in [6, 6.07) is 20.9. The summed E-state index contributed by atoms with van der Waals surface area (Å²) in [5.41, 5.74) is 2.67. The third-order valence-electron chi connectivity index (χ3n) is 5.27. The van der Waals surface area contributed by atoms with Gasteiger partial charge in [0.05, 0.1) is 31.3 Å². The molecule has 4 aromatic rings. The van der Waals surface area contributed by atoms with E-state index in [4.69, 9.17) is 19.0 Å². The molecule has 0 aliphatic rings. The van der Waals surface area contributed by atoms with Crippen LogP contribution in [-0.2, 0) is 24.2 Å². The van der Waals surface area contributed by atoms with Crippen molar-refractivity contribution < 1.29 is 18.7 Å². The molecule has 0 atom stereocenters. The second-order valence-corrected chi connectivity index (χ2v) is 7.44. The maximum Gasteiger partial charge on any atom is 0.226 e. The quantitative estimate of drug-likeness (QED) is 0.368. The molecule has 0 saturated carbocycles. The minimum Gasteiger partial charge on any atom is -0.493 e. The van der Waals surface area contributed by atoms with Gasteiger partial charge in [-0.2, -0.15) is 5.10 Å². The Balaban J connectivity index is 1.63. The molecule has 2 heterocycles. The molecule has 7 heteroatoms. The summed E-state index contributed by atoms with van der Waals surface area (Å²) in [4.78, 5) is 12.5. The van der Waals surface area contributed by atoms with Crippen LogP contribution in [0.15, 0.2) is 77.4 Å². The van der Waals surface area contributed by atoms with E-state index in [0.717, 1.165) is 22.7 Å². The number of para-hydroxylation sites is 3. The first-order chi connectivity index (χ1) is 16.2. The van der Waals surface area contributed by atoms with Gasteiger partial charge < -0.3 is 19.2 Å². The van der Waals surface area contributed by atoms with Gasteiger partial charge in [0, 0.05) is 12.0 Å². The standard InChI is InChI=1S/C26H27N3O4/c1-3-22-21(15-16-25(30)27-18-20-12-9-17-32-20)26(29(28-22)19-10-5-4-6-11-19)33-24-14-8-7-13-23(24)31-2/h4-14,17H,3,15-16,18H2,1-2H3,(H,27,30). The zero-order valence-corrected chi connectivity index (χ0v) is 18.8. The molecule has 0 aliphatic carbocycles. The highest BCUT2D eigenvalue weighted by molar-refractivity contribution is 5.76. The van der Waals surface area contributed by atoms with Crippen molar-refractivity contribution in [1.29, 1.82) is 0 Å². The molecule has 0 radical (unpaired) electrons. The molecule has 2 aromatic carbocycles. The summed E-state index contributed by atoms with van der Waals surface area (Å²) >= 11 is 0. The average molecular weight is 446 g/mol. The number of aryl methyl sites for hydroxylation is 1. The normalized spacial score (nSPS) is 10.7. The Morgan fingerprint density at radius 1 is 1.03 bits per heavy atom. The zero-order valence-electron chi connectivity index (χ0n) is 18.8. The molecule has 170 valence electrons. The van der Waals surface area contributed by atoms with Crippen LogP contribution in [0.25, 0.3) is 5.69 Å². The van der Waals surface area contributed by atoms with Gasteiger partial charge in [0.2, 0.25) is 11.8 Å². The SMILES string of the molecule is CCc1nn(-c2ccccc2)c(Oc2ccccc2OC)c1CCC(=O)NCc1ccco1. The van der Waals surface area contributed by atoms with Crippen molar-refractivity contribution in [2.45, 2.75) is 32.7 Å². The van der Waals surface area contributed by atoms with E-state index in [1.165, 1.54) is 0 Å². The highest BCUT2D eigenvalue weighted by Crippen LogP contribution is 2.36. The second-order valence-electron chi connectivity index (χ2n) is 7.44. The Labute approximate surface area is 192 Å². The van der Waals surface area contributed by atoms with Gasteiger partial charge in [0.15, 0.2) is 11.5 Å². The largest absolute Gasteiger partial charge is 0.493 e. The maximum atomic E-state index is 12.5. The van der Waals surface area contributed by atoms with Gasteiger partial charge in [-0.05, 0) is 49.2 Å². The first-order valence-electron chi connectivity index (χ1n) is 11.0. The first-order valence-corrected chi connectivity index (χ1v) is 11.0. The summed E-state index contributed by atoms with van der Waals surface area (Å²) in [6.07, 6.45) is 3.10. The number of nitrogens with zero attached hydrogens (tertiary/aromatic N) is 2. The number of benzene rings is 2. The predicted molar refractivity (Wildman–Crippen MR) is 125 cm³/mol. The van der Waals surface area contributed by atoms with E-state index in [2.05, 4.69) is 5.32 Å². The molecule has 2 aromatic heterocycles. The van der Waals surface area contributed by atoms with E-state index in [1.54, 1.807) is 24.1 Å². The fraction of sp³-hybridized carbons (Fsp3) is 0.231. The number of rotatable bonds is 10. The van der Waals surface area contributed by atoms with Crippen LogP contribution in [0.4, 0.5) is 0 Å². The van der Waals surface area contributed by atoms with E-state index >= 15 is 0 Å².